The highest BCUT2D eigenvalue weighted by atomic mass is 19.2. The van der Waals surface area contributed by atoms with Gasteiger partial charge in [0.2, 0.25) is 11.7 Å². The van der Waals surface area contributed by atoms with E-state index in [1.54, 1.807) is 6.07 Å². The normalized spacial score (nSPS) is 10.5. The van der Waals surface area contributed by atoms with Crippen LogP contribution in [0.3, 0.4) is 0 Å². The van der Waals surface area contributed by atoms with Crippen molar-refractivity contribution >= 4 is 0 Å². The molecular formula is C14H14F2N2O. The standard InChI is InChI=1S/C14H14F2N2O/c1-9-6-10(8-17-2)7-13(18-9)19-12-5-3-4-11(15)14(12)16/h3-7,17H,8H2,1-2H3. The van der Waals surface area contributed by atoms with Crippen LogP contribution in [0.2, 0.25) is 0 Å². The zero-order valence-electron chi connectivity index (χ0n) is 10.7. The van der Waals surface area contributed by atoms with Gasteiger partial charge < -0.3 is 10.1 Å². The summed E-state index contributed by atoms with van der Waals surface area (Å²) in [6.45, 7) is 2.46. The van der Waals surface area contributed by atoms with Crippen molar-refractivity contribution in [3.05, 3.63) is 53.2 Å². The molecular weight excluding hydrogens is 250 g/mol. The largest absolute Gasteiger partial charge is 0.436 e. The number of hydrogen-bond acceptors (Lipinski definition) is 3. The summed E-state index contributed by atoms with van der Waals surface area (Å²) in [4.78, 5) is 4.14. The molecule has 0 amide bonds. The molecule has 2 rings (SSSR count). The molecule has 0 spiro atoms. The van der Waals surface area contributed by atoms with E-state index in [0.29, 0.717) is 6.54 Å². The molecule has 5 heteroatoms. The van der Waals surface area contributed by atoms with Crippen molar-refractivity contribution < 1.29 is 13.5 Å². The number of ether oxygens (including phenoxy) is 1. The van der Waals surface area contributed by atoms with Gasteiger partial charge in [-0.2, -0.15) is 4.39 Å². The lowest BCUT2D eigenvalue weighted by atomic mass is 10.2. The Labute approximate surface area is 110 Å². The quantitative estimate of drug-likeness (QED) is 0.921. The molecule has 0 aliphatic carbocycles. The van der Waals surface area contributed by atoms with E-state index in [1.165, 1.54) is 12.1 Å². The Hall–Kier alpha value is -2.01. The van der Waals surface area contributed by atoms with Gasteiger partial charge in [-0.1, -0.05) is 6.07 Å². The summed E-state index contributed by atoms with van der Waals surface area (Å²) >= 11 is 0. The van der Waals surface area contributed by atoms with Crippen LogP contribution in [0.15, 0.2) is 30.3 Å². The predicted molar refractivity (Wildman–Crippen MR) is 68.2 cm³/mol. The molecule has 0 unspecified atom stereocenters. The van der Waals surface area contributed by atoms with Gasteiger partial charge in [0.1, 0.15) is 0 Å². The third-order valence-corrected chi connectivity index (χ3v) is 2.50. The summed E-state index contributed by atoms with van der Waals surface area (Å²) in [5.74, 6) is -1.88. The Kier molecular flexibility index (Phi) is 4.06. The summed E-state index contributed by atoms with van der Waals surface area (Å²) in [6, 6.07) is 7.37. The van der Waals surface area contributed by atoms with Crippen LogP contribution in [0.4, 0.5) is 8.78 Å². The second-order valence-corrected chi connectivity index (χ2v) is 4.14. The van der Waals surface area contributed by atoms with Crippen molar-refractivity contribution in [1.82, 2.24) is 10.3 Å². The molecule has 2 aromatic rings. The first-order valence-electron chi connectivity index (χ1n) is 5.84. The molecule has 0 saturated heterocycles. The minimum atomic E-state index is -1.01. The van der Waals surface area contributed by atoms with Crippen LogP contribution in [-0.4, -0.2) is 12.0 Å². The molecule has 1 aromatic heterocycles. The van der Waals surface area contributed by atoms with Gasteiger partial charge in [0.05, 0.1) is 0 Å². The number of aryl methyl sites for hydroxylation is 1. The van der Waals surface area contributed by atoms with Crippen LogP contribution < -0.4 is 10.1 Å². The Bertz CT molecular complexity index is 588. The number of aromatic nitrogens is 1. The van der Waals surface area contributed by atoms with Crippen molar-refractivity contribution in [1.29, 1.82) is 0 Å². The summed E-state index contributed by atoms with van der Waals surface area (Å²) in [5.41, 5.74) is 1.71. The van der Waals surface area contributed by atoms with E-state index in [-0.39, 0.29) is 11.6 Å². The van der Waals surface area contributed by atoms with E-state index < -0.39 is 11.6 Å². The van der Waals surface area contributed by atoms with Crippen molar-refractivity contribution in [3.8, 4) is 11.6 Å². The van der Waals surface area contributed by atoms with Gasteiger partial charge in [0, 0.05) is 18.3 Å². The van der Waals surface area contributed by atoms with E-state index in [4.69, 9.17) is 4.74 Å². The minimum Gasteiger partial charge on any atom is -0.436 e. The molecule has 0 saturated carbocycles. The molecule has 1 N–H and O–H groups in total. The molecule has 0 aliphatic rings. The number of hydrogen-bond donors (Lipinski definition) is 1. The highest BCUT2D eigenvalue weighted by Crippen LogP contribution is 2.25. The third-order valence-electron chi connectivity index (χ3n) is 2.50. The molecule has 1 aromatic carbocycles. The maximum atomic E-state index is 13.5. The number of benzene rings is 1. The molecule has 0 bridgehead atoms. The molecule has 0 fully saturated rings. The minimum absolute atomic E-state index is 0.173. The Morgan fingerprint density at radius 2 is 2.05 bits per heavy atom. The van der Waals surface area contributed by atoms with Crippen LogP contribution in [0, 0.1) is 18.6 Å². The third kappa shape index (κ3) is 3.26. The van der Waals surface area contributed by atoms with Crippen LogP contribution in [-0.2, 0) is 6.54 Å². The number of halogens is 2. The fraction of sp³-hybridized carbons (Fsp3) is 0.214. The summed E-state index contributed by atoms with van der Waals surface area (Å²) in [7, 11) is 1.82. The fourth-order valence-electron chi connectivity index (χ4n) is 1.74. The van der Waals surface area contributed by atoms with Crippen molar-refractivity contribution in [2.75, 3.05) is 7.05 Å². The lowest BCUT2D eigenvalue weighted by Gasteiger charge is -2.09. The molecule has 1 heterocycles. The SMILES string of the molecule is CNCc1cc(C)nc(Oc2cccc(F)c2F)c1. The zero-order valence-corrected chi connectivity index (χ0v) is 10.7. The average molecular weight is 264 g/mol. The van der Waals surface area contributed by atoms with Crippen LogP contribution in [0.1, 0.15) is 11.3 Å². The van der Waals surface area contributed by atoms with E-state index in [1.807, 2.05) is 20.0 Å². The number of nitrogens with zero attached hydrogens (tertiary/aromatic N) is 1. The van der Waals surface area contributed by atoms with Gasteiger partial charge in [-0.3, -0.25) is 0 Å². The van der Waals surface area contributed by atoms with Gasteiger partial charge in [0.25, 0.3) is 0 Å². The number of pyridine rings is 1. The first kappa shape index (κ1) is 13.4. The van der Waals surface area contributed by atoms with Crippen molar-refractivity contribution in [2.24, 2.45) is 0 Å². The Morgan fingerprint density at radius 3 is 2.79 bits per heavy atom. The maximum Gasteiger partial charge on any atom is 0.219 e. The van der Waals surface area contributed by atoms with Gasteiger partial charge in [-0.25, -0.2) is 9.37 Å². The van der Waals surface area contributed by atoms with Gasteiger partial charge in [-0.15, -0.1) is 0 Å². The fourth-order valence-corrected chi connectivity index (χ4v) is 1.74. The topological polar surface area (TPSA) is 34.2 Å². The second kappa shape index (κ2) is 5.75. The lowest BCUT2D eigenvalue weighted by Crippen LogP contribution is -2.06. The summed E-state index contributed by atoms with van der Waals surface area (Å²) in [5, 5.41) is 3.01. The highest BCUT2D eigenvalue weighted by molar-refractivity contribution is 5.32. The second-order valence-electron chi connectivity index (χ2n) is 4.14. The predicted octanol–water partition coefficient (Wildman–Crippen LogP) is 3.18. The van der Waals surface area contributed by atoms with Gasteiger partial charge in [-0.05, 0) is 37.7 Å². The van der Waals surface area contributed by atoms with Crippen LogP contribution in [0.5, 0.6) is 11.6 Å². The maximum absolute atomic E-state index is 13.5. The first-order chi connectivity index (χ1) is 9.10. The molecule has 0 radical (unpaired) electrons. The molecule has 0 atom stereocenters. The molecule has 19 heavy (non-hydrogen) atoms. The molecule has 100 valence electrons. The summed E-state index contributed by atoms with van der Waals surface area (Å²) < 4.78 is 31.9. The van der Waals surface area contributed by atoms with E-state index in [2.05, 4.69) is 10.3 Å². The molecule has 0 aliphatic heterocycles. The molecule has 3 nitrogen and oxygen atoms in total. The van der Waals surface area contributed by atoms with Gasteiger partial charge in [0.15, 0.2) is 11.6 Å². The monoisotopic (exact) mass is 264 g/mol. The number of rotatable bonds is 4. The Balaban J connectivity index is 2.30. The van der Waals surface area contributed by atoms with E-state index in [0.717, 1.165) is 17.3 Å². The Morgan fingerprint density at radius 1 is 1.26 bits per heavy atom. The van der Waals surface area contributed by atoms with Crippen molar-refractivity contribution in [2.45, 2.75) is 13.5 Å². The zero-order chi connectivity index (χ0) is 13.8. The number of nitrogens with one attached hydrogen (secondary N) is 1. The van der Waals surface area contributed by atoms with Crippen LogP contribution in [0.25, 0.3) is 0 Å². The van der Waals surface area contributed by atoms with Crippen molar-refractivity contribution in [3.63, 3.8) is 0 Å². The van der Waals surface area contributed by atoms with Crippen LogP contribution >= 0.6 is 0 Å². The average Bonchev–Trinajstić information content (AvgIpc) is 2.35. The van der Waals surface area contributed by atoms with E-state index in [9.17, 15) is 8.78 Å². The highest BCUT2D eigenvalue weighted by Gasteiger charge is 2.11. The summed E-state index contributed by atoms with van der Waals surface area (Å²) in [6.07, 6.45) is 0. The lowest BCUT2D eigenvalue weighted by molar-refractivity contribution is 0.404. The van der Waals surface area contributed by atoms with E-state index >= 15 is 0 Å². The van der Waals surface area contributed by atoms with Gasteiger partial charge >= 0.3 is 0 Å². The first-order valence-corrected chi connectivity index (χ1v) is 5.84. The smallest absolute Gasteiger partial charge is 0.219 e.